The van der Waals surface area contributed by atoms with Crippen LogP contribution in [-0.4, -0.2) is 14.4 Å². The molecule has 0 saturated carbocycles. The summed E-state index contributed by atoms with van der Waals surface area (Å²) in [5.41, 5.74) is 9.89. The average molecular weight is 336 g/mol. The summed E-state index contributed by atoms with van der Waals surface area (Å²) in [4.78, 5) is 9.15. The van der Waals surface area contributed by atoms with E-state index in [9.17, 15) is 0 Å². The van der Waals surface area contributed by atoms with Crippen LogP contribution in [0.3, 0.4) is 0 Å². The van der Waals surface area contributed by atoms with Crippen molar-refractivity contribution in [2.24, 2.45) is 0 Å². The molecule has 0 aliphatic carbocycles. The van der Waals surface area contributed by atoms with E-state index >= 15 is 0 Å². The van der Waals surface area contributed by atoms with Gasteiger partial charge in [-0.3, -0.25) is 9.97 Å². The predicted molar refractivity (Wildman–Crippen MR) is 99.9 cm³/mol. The Kier molecular flexibility index (Phi) is 3.36. The summed E-state index contributed by atoms with van der Waals surface area (Å²) in [5, 5.41) is 0.715. The summed E-state index contributed by atoms with van der Waals surface area (Å²) in [5.74, 6) is 0. The molecule has 0 aliphatic rings. The maximum absolute atomic E-state index is 6.57. The first kappa shape index (κ1) is 15.2. The summed E-state index contributed by atoms with van der Waals surface area (Å²) in [6.45, 7) is 8.40. The topological polar surface area (TPSA) is 30.2 Å². The van der Waals surface area contributed by atoms with Gasteiger partial charge >= 0.3 is 0 Å². The average Bonchev–Trinajstić information content (AvgIpc) is 2.81. The fourth-order valence-electron chi connectivity index (χ4n) is 3.71. The molecular weight excluding hydrogens is 318 g/mol. The van der Waals surface area contributed by atoms with Crippen LogP contribution < -0.4 is 0 Å². The van der Waals surface area contributed by atoms with Crippen LogP contribution in [0.5, 0.6) is 0 Å². The van der Waals surface area contributed by atoms with Crippen LogP contribution in [0.2, 0.25) is 5.02 Å². The molecular formula is C20H18ClN3. The second-order valence-corrected chi connectivity index (χ2v) is 6.83. The van der Waals surface area contributed by atoms with E-state index in [0.717, 1.165) is 27.8 Å². The molecule has 4 aromatic rings. The molecule has 0 saturated heterocycles. The van der Waals surface area contributed by atoms with Crippen molar-refractivity contribution in [1.29, 1.82) is 0 Å². The van der Waals surface area contributed by atoms with Crippen LogP contribution in [0.25, 0.3) is 27.7 Å². The fraction of sp³-hybridized carbons (Fsp3) is 0.200. The maximum atomic E-state index is 6.57. The van der Waals surface area contributed by atoms with Crippen LogP contribution in [0.4, 0.5) is 0 Å². The van der Waals surface area contributed by atoms with Gasteiger partial charge in [-0.1, -0.05) is 29.3 Å². The summed E-state index contributed by atoms with van der Waals surface area (Å²) in [7, 11) is 0. The van der Waals surface area contributed by atoms with Crippen molar-refractivity contribution in [1.82, 2.24) is 14.4 Å². The molecule has 0 fully saturated rings. The SMILES string of the molecule is Cc1cc(C)c(-c2c3nc(C)cc(Cl)c3n3ccncc23)c(C)c1. The Morgan fingerprint density at radius 1 is 0.958 bits per heavy atom. The van der Waals surface area contributed by atoms with Crippen molar-refractivity contribution >= 4 is 28.2 Å². The van der Waals surface area contributed by atoms with Crippen LogP contribution >= 0.6 is 11.6 Å². The lowest BCUT2D eigenvalue weighted by molar-refractivity contribution is 1.17. The lowest BCUT2D eigenvalue weighted by Gasteiger charge is -2.11. The Morgan fingerprint density at radius 3 is 2.38 bits per heavy atom. The Morgan fingerprint density at radius 2 is 1.67 bits per heavy atom. The number of hydrogen-bond donors (Lipinski definition) is 0. The van der Waals surface area contributed by atoms with Crippen molar-refractivity contribution in [2.75, 3.05) is 0 Å². The predicted octanol–water partition coefficient (Wildman–Crippen LogP) is 5.44. The van der Waals surface area contributed by atoms with Crippen molar-refractivity contribution in [3.8, 4) is 11.1 Å². The van der Waals surface area contributed by atoms with E-state index in [1.54, 1.807) is 6.20 Å². The van der Waals surface area contributed by atoms with Gasteiger partial charge in [-0.2, -0.15) is 0 Å². The van der Waals surface area contributed by atoms with Gasteiger partial charge in [0.2, 0.25) is 0 Å². The standard InChI is InChI=1S/C20H18ClN3/c1-11-7-12(2)17(13(3)8-11)18-16-10-22-5-6-24(16)20-15(21)9-14(4)23-19(18)20/h5-10H,1-4H3. The number of benzene rings is 1. The Balaban J connectivity index is 2.27. The van der Waals surface area contributed by atoms with Gasteiger partial charge in [-0.05, 0) is 50.5 Å². The summed E-state index contributed by atoms with van der Waals surface area (Å²) < 4.78 is 2.09. The second-order valence-electron chi connectivity index (χ2n) is 6.42. The number of aryl methyl sites for hydroxylation is 4. The zero-order chi connectivity index (χ0) is 17.0. The van der Waals surface area contributed by atoms with E-state index in [4.69, 9.17) is 16.6 Å². The van der Waals surface area contributed by atoms with Gasteiger partial charge in [0.1, 0.15) is 0 Å². The minimum Gasteiger partial charge on any atom is -0.310 e. The molecule has 3 heterocycles. The van der Waals surface area contributed by atoms with E-state index in [-0.39, 0.29) is 0 Å². The zero-order valence-corrected chi connectivity index (χ0v) is 14.9. The summed E-state index contributed by atoms with van der Waals surface area (Å²) >= 11 is 6.57. The monoisotopic (exact) mass is 335 g/mol. The highest BCUT2D eigenvalue weighted by Crippen LogP contribution is 2.40. The first-order chi connectivity index (χ1) is 11.5. The van der Waals surface area contributed by atoms with Crippen molar-refractivity contribution < 1.29 is 0 Å². The molecule has 0 N–H and O–H groups in total. The third kappa shape index (κ3) is 2.12. The minimum absolute atomic E-state index is 0.715. The maximum Gasteiger partial charge on any atom is 0.0988 e. The number of nitrogens with zero attached hydrogens (tertiary/aromatic N) is 3. The van der Waals surface area contributed by atoms with Crippen LogP contribution in [-0.2, 0) is 0 Å². The van der Waals surface area contributed by atoms with Gasteiger partial charge in [-0.15, -0.1) is 0 Å². The van der Waals surface area contributed by atoms with E-state index in [2.05, 4.69) is 42.3 Å². The molecule has 1 aromatic carbocycles. The smallest absolute Gasteiger partial charge is 0.0988 e. The van der Waals surface area contributed by atoms with E-state index in [0.29, 0.717) is 5.02 Å². The molecule has 0 bridgehead atoms. The molecule has 3 nitrogen and oxygen atoms in total. The normalized spacial score (nSPS) is 11.5. The van der Waals surface area contributed by atoms with Crippen molar-refractivity contribution in [3.05, 3.63) is 64.2 Å². The van der Waals surface area contributed by atoms with Crippen molar-refractivity contribution in [2.45, 2.75) is 27.7 Å². The third-order valence-corrected chi connectivity index (χ3v) is 4.78. The lowest BCUT2D eigenvalue weighted by Crippen LogP contribution is -1.91. The van der Waals surface area contributed by atoms with Gasteiger partial charge in [0, 0.05) is 23.7 Å². The Bertz CT molecular complexity index is 1090. The first-order valence-electron chi connectivity index (χ1n) is 7.96. The number of aromatic nitrogens is 3. The molecule has 0 unspecified atom stereocenters. The Hall–Kier alpha value is -2.39. The molecule has 3 aromatic heterocycles. The molecule has 4 heteroatoms. The molecule has 0 radical (unpaired) electrons. The number of hydrogen-bond acceptors (Lipinski definition) is 2. The van der Waals surface area contributed by atoms with E-state index in [1.165, 1.54) is 22.3 Å². The Labute approximate surface area is 145 Å². The highest BCUT2D eigenvalue weighted by Gasteiger charge is 2.20. The van der Waals surface area contributed by atoms with Crippen LogP contribution in [0.15, 0.2) is 36.8 Å². The van der Waals surface area contributed by atoms with E-state index < -0.39 is 0 Å². The molecule has 0 atom stereocenters. The number of rotatable bonds is 1. The number of halogens is 1. The van der Waals surface area contributed by atoms with Crippen molar-refractivity contribution in [3.63, 3.8) is 0 Å². The zero-order valence-electron chi connectivity index (χ0n) is 14.2. The van der Waals surface area contributed by atoms with Gasteiger partial charge in [0.15, 0.2) is 0 Å². The van der Waals surface area contributed by atoms with Gasteiger partial charge in [0.25, 0.3) is 0 Å². The van der Waals surface area contributed by atoms with Crippen LogP contribution in [0, 0.1) is 27.7 Å². The third-order valence-electron chi connectivity index (χ3n) is 4.49. The number of pyridine rings is 1. The summed E-state index contributed by atoms with van der Waals surface area (Å²) in [6, 6.07) is 6.34. The van der Waals surface area contributed by atoms with Gasteiger partial charge in [-0.25, -0.2) is 0 Å². The van der Waals surface area contributed by atoms with Crippen LogP contribution in [0.1, 0.15) is 22.4 Å². The van der Waals surface area contributed by atoms with E-state index in [1.807, 2.05) is 25.4 Å². The second kappa shape index (κ2) is 5.32. The minimum atomic E-state index is 0.715. The molecule has 24 heavy (non-hydrogen) atoms. The highest BCUT2D eigenvalue weighted by molar-refractivity contribution is 6.35. The molecule has 120 valence electrons. The van der Waals surface area contributed by atoms with Gasteiger partial charge < -0.3 is 4.40 Å². The largest absolute Gasteiger partial charge is 0.310 e. The first-order valence-corrected chi connectivity index (χ1v) is 8.34. The molecule has 4 rings (SSSR count). The molecule has 0 amide bonds. The number of fused-ring (bicyclic) bond motifs is 3. The highest BCUT2D eigenvalue weighted by atomic mass is 35.5. The van der Waals surface area contributed by atoms with Gasteiger partial charge in [0.05, 0.1) is 27.8 Å². The summed E-state index contributed by atoms with van der Waals surface area (Å²) in [6.07, 6.45) is 5.62. The fourth-order valence-corrected chi connectivity index (χ4v) is 4.05. The lowest BCUT2D eigenvalue weighted by atomic mass is 9.94. The quantitative estimate of drug-likeness (QED) is 0.464. The molecule has 0 aliphatic heterocycles. The molecule has 0 spiro atoms.